The van der Waals surface area contributed by atoms with Gasteiger partial charge < -0.3 is 4.74 Å². The maximum atomic E-state index is 14.5. The lowest BCUT2D eigenvalue weighted by atomic mass is 9.79. The molecular formula is C22H28F2O. The van der Waals surface area contributed by atoms with Crippen LogP contribution in [-0.4, -0.2) is 6.61 Å². The van der Waals surface area contributed by atoms with Crippen molar-refractivity contribution < 1.29 is 13.5 Å². The molecule has 1 aliphatic rings. The molecule has 1 aromatic carbocycles. The second-order valence-electron chi connectivity index (χ2n) is 6.77. The number of rotatable bonds is 6. The van der Waals surface area contributed by atoms with Crippen LogP contribution in [0.3, 0.4) is 0 Å². The zero-order valence-corrected chi connectivity index (χ0v) is 15.4. The Morgan fingerprint density at radius 2 is 1.72 bits per heavy atom. The second kappa shape index (κ2) is 8.98. The van der Waals surface area contributed by atoms with Crippen LogP contribution in [0.5, 0.6) is 0 Å². The SMILES string of the molecule is C=C(OCC)/C(F)=C(F)\C(=C/C)c1ccc(C2CCC(C)CC2)cc1. The van der Waals surface area contributed by atoms with Crippen LogP contribution in [0.25, 0.3) is 5.57 Å². The molecule has 0 bridgehead atoms. The van der Waals surface area contributed by atoms with Crippen molar-refractivity contribution in [3.05, 3.63) is 65.5 Å². The van der Waals surface area contributed by atoms with Gasteiger partial charge in [-0.2, -0.15) is 4.39 Å². The van der Waals surface area contributed by atoms with Crippen molar-refractivity contribution in [2.45, 2.75) is 52.4 Å². The highest BCUT2D eigenvalue weighted by atomic mass is 19.2. The Labute approximate surface area is 150 Å². The Bertz CT molecular complexity index is 647. The second-order valence-corrected chi connectivity index (χ2v) is 6.77. The number of ether oxygens (including phenoxy) is 1. The lowest BCUT2D eigenvalue weighted by molar-refractivity contribution is 0.224. The normalized spacial score (nSPS) is 22.4. The topological polar surface area (TPSA) is 9.23 Å². The summed E-state index contributed by atoms with van der Waals surface area (Å²) in [6.45, 7) is 9.39. The van der Waals surface area contributed by atoms with E-state index in [2.05, 4.69) is 13.5 Å². The zero-order valence-electron chi connectivity index (χ0n) is 15.4. The molecule has 1 saturated carbocycles. The van der Waals surface area contributed by atoms with Gasteiger partial charge in [-0.25, -0.2) is 4.39 Å². The van der Waals surface area contributed by atoms with Crippen molar-refractivity contribution in [2.75, 3.05) is 6.61 Å². The third-order valence-corrected chi connectivity index (χ3v) is 4.99. The van der Waals surface area contributed by atoms with E-state index >= 15 is 0 Å². The largest absolute Gasteiger partial charge is 0.491 e. The zero-order chi connectivity index (χ0) is 18.4. The van der Waals surface area contributed by atoms with Crippen LogP contribution in [0, 0.1) is 5.92 Å². The Morgan fingerprint density at radius 1 is 1.12 bits per heavy atom. The molecule has 1 aliphatic carbocycles. The third kappa shape index (κ3) is 4.81. The molecule has 0 aromatic heterocycles. The quantitative estimate of drug-likeness (QED) is 0.395. The maximum Gasteiger partial charge on any atom is 0.200 e. The van der Waals surface area contributed by atoms with Crippen molar-refractivity contribution in [3.63, 3.8) is 0 Å². The van der Waals surface area contributed by atoms with Crippen LogP contribution in [0.1, 0.15) is 63.5 Å². The lowest BCUT2D eigenvalue weighted by Crippen LogP contribution is -2.10. The molecule has 136 valence electrons. The van der Waals surface area contributed by atoms with Gasteiger partial charge >= 0.3 is 0 Å². The Hall–Kier alpha value is -1.90. The van der Waals surface area contributed by atoms with E-state index in [1.54, 1.807) is 19.9 Å². The predicted octanol–water partition coefficient (Wildman–Crippen LogP) is 7.08. The molecule has 0 aliphatic heterocycles. The molecule has 25 heavy (non-hydrogen) atoms. The summed E-state index contributed by atoms with van der Waals surface area (Å²) in [5, 5.41) is 0. The molecule has 0 atom stereocenters. The van der Waals surface area contributed by atoms with Crippen LogP contribution in [0.4, 0.5) is 8.78 Å². The van der Waals surface area contributed by atoms with Gasteiger partial charge in [-0.3, -0.25) is 0 Å². The Kier molecular flexibility index (Phi) is 6.98. The summed E-state index contributed by atoms with van der Waals surface area (Å²) >= 11 is 0. The summed E-state index contributed by atoms with van der Waals surface area (Å²) in [5.74, 6) is -0.854. The molecular weight excluding hydrogens is 318 g/mol. The van der Waals surface area contributed by atoms with Gasteiger partial charge in [0.25, 0.3) is 0 Å². The first-order chi connectivity index (χ1) is 12.0. The van der Waals surface area contributed by atoms with E-state index in [4.69, 9.17) is 4.74 Å². The van der Waals surface area contributed by atoms with Crippen LogP contribution in [0.2, 0.25) is 0 Å². The third-order valence-electron chi connectivity index (χ3n) is 4.99. The standard InChI is InChI=1S/C22H28F2O/c1-5-20(22(24)21(23)16(4)25-6-2)19-13-11-18(12-14-19)17-9-7-15(3)8-10-17/h5,11-15,17H,4,6-10H2,1-3H3/b20-5-,22-21-. The number of hydrogen-bond acceptors (Lipinski definition) is 1. The van der Waals surface area contributed by atoms with Gasteiger partial charge in [0.15, 0.2) is 11.6 Å². The highest BCUT2D eigenvalue weighted by Gasteiger charge is 2.20. The minimum absolute atomic E-state index is 0.224. The molecule has 1 fully saturated rings. The number of allylic oxidation sites excluding steroid dienone is 4. The van der Waals surface area contributed by atoms with Crippen molar-refractivity contribution in [2.24, 2.45) is 5.92 Å². The molecule has 0 heterocycles. The van der Waals surface area contributed by atoms with Crippen LogP contribution < -0.4 is 0 Å². The molecule has 0 saturated heterocycles. The first-order valence-electron chi connectivity index (χ1n) is 9.12. The fourth-order valence-corrected chi connectivity index (χ4v) is 3.43. The van der Waals surface area contributed by atoms with Crippen LogP contribution in [-0.2, 0) is 4.74 Å². The summed E-state index contributed by atoms with van der Waals surface area (Å²) in [5.41, 5.74) is 2.17. The first kappa shape index (κ1) is 19.4. The van der Waals surface area contributed by atoms with E-state index in [1.807, 2.05) is 24.3 Å². The lowest BCUT2D eigenvalue weighted by Gasteiger charge is -2.26. The highest BCUT2D eigenvalue weighted by Crippen LogP contribution is 2.36. The number of halogens is 2. The highest BCUT2D eigenvalue weighted by molar-refractivity contribution is 5.78. The summed E-state index contributed by atoms with van der Waals surface area (Å²) in [6, 6.07) is 7.84. The van der Waals surface area contributed by atoms with Crippen LogP contribution in [0.15, 0.2) is 54.3 Å². The van der Waals surface area contributed by atoms with E-state index in [9.17, 15) is 8.78 Å². The average molecular weight is 346 g/mol. The fourth-order valence-electron chi connectivity index (χ4n) is 3.43. The monoisotopic (exact) mass is 346 g/mol. The van der Waals surface area contributed by atoms with E-state index in [-0.39, 0.29) is 17.9 Å². The van der Waals surface area contributed by atoms with Crippen molar-refractivity contribution in [3.8, 4) is 0 Å². The van der Waals surface area contributed by atoms with Crippen molar-refractivity contribution >= 4 is 5.57 Å². The van der Waals surface area contributed by atoms with Gasteiger partial charge in [0.05, 0.1) is 6.61 Å². The summed E-state index contributed by atoms with van der Waals surface area (Å²) in [4.78, 5) is 0. The van der Waals surface area contributed by atoms with Gasteiger partial charge in [0.2, 0.25) is 5.83 Å². The summed E-state index contributed by atoms with van der Waals surface area (Å²) < 4.78 is 33.6. The molecule has 0 amide bonds. The first-order valence-corrected chi connectivity index (χ1v) is 9.12. The summed E-state index contributed by atoms with van der Waals surface area (Å²) in [6.07, 6.45) is 6.50. The van der Waals surface area contributed by atoms with E-state index in [1.165, 1.54) is 31.2 Å². The van der Waals surface area contributed by atoms with Crippen molar-refractivity contribution in [1.82, 2.24) is 0 Å². The number of benzene rings is 1. The molecule has 3 heteroatoms. The van der Waals surface area contributed by atoms with Gasteiger partial charge in [0, 0.05) is 5.57 Å². The molecule has 2 rings (SSSR count). The molecule has 1 aromatic rings. The van der Waals surface area contributed by atoms with E-state index in [0.717, 1.165) is 5.92 Å². The van der Waals surface area contributed by atoms with Crippen molar-refractivity contribution in [1.29, 1.82) is 0 Å². The van der Waals surface area contributed by atoms with Crippen LogP contribution >= 0.6 is 0 Å². The Morgan fingerprint density at radius 3 is 2.24 bits per heavy atom. The fraction of sp³-hybridized carbons (Fsp3) is 0.455. The molecule has 0 N–H and O–H groups in total. The van der Waals surface area contributed by atoms with E-state index < -0.39 is 11.7 Å². The maximum absolute atomic E-state index is 14.5. The van der Waals surface area contributed by atoms with Gasteiger partial charge in [-0.15, -0.1) is 0 Å². The molecule has 0 radical (unpaired) electrons. The molecule has 0 unspecified atom stereocenters. The summed E-state index contributed by atoms with van der Waals surface area (Å²) in [7, 11) is 0. The minimum atomic E-state index is -1.04. The molecule has 1 nitrogen and oxygen atoms in total. The molecule has 0 spiro atoms. The Balaban J connectivity index is 2.19. The minimum Gasteiger partial charge on any atom is -0.491 e. The van der Waals surface area contributed by atoms with Gasteiger partial charge in [-0.1, -0.05) is 56.7 Å². The smallest absolute Gasteiger partial charge is 0.200 e. The van der Waals surface area contributed by atoms with Gasteiger partial charge in [0.1, 0.15) is 0 Å². The average Bonchev–Trinajstić information content (AvgIpc) is 2.63. The van der Waals surface area contributed by atoms with Gasteiger partial charge in [-0.05, 0) is 49.7 Å². The number of hydrogen-bond donors (Lipinski definition) is 0. The predicted molar refractivity (Wildman–Crippen MR) is 100 cm³/mol. The van der Waals surface area contributed by atoms with E-state index in [0.29, 0.717) is 11.5 Å².